The van der Waals surface area contributed by atoms with Crippen LogP contribution in [0.2, 0.25) is 0 Å². The summed E-state index contributed by atoms with van der Waals surface area (Å²) in [6.45, 7) is 2.70. The van der Waals surface area contributed by atoms with E-state index in [1.165, 1.54) is 5.56 Å². The first-order valence-electron chi connectivity index (χ1n) is 10.7. The first-order chi connectivity index (χ1) is 16.4. The number of rotatable bonds is 4. The summed E-state index contributed by atoms with van der Waals surface area (Å²) in [4.78, 5) is 39.4. The summed E-state index contributed by atoms with van der Waals surface area (Å²) in [5.41, 5.74) is 4.33. The van der Waals surface area contributed by atoms with E-state index in [0.717, 1.165) is 31.4 Å². The first kappa shape index (κ1) is 21.9. The maximum Gasteiger partial charge on any atom is 0.335 e. The van der Waals surface area contributed by atoms with Gasteiger partial charge >= 0.3 is 6.03 Å². The third-order valence-corrected chi connectivity index (χ3v) is 6.31. The van der Waals surface area contributed by atoms with Gasteiger partial charge in [0.2, 0.25) is 0 Å². The van der Waals surface area contributed by atoms with E-state index in [2.05, 4.69) is 50.1 Å². The number of imide groups is 2. The van der Waals surface area contributed by atoms with Crippen molar-refractivity contribution in [1.29, 1.82) is 0 Å². The van der Waals surface area contributed by atoms with Crippen LogP contribution in [0.15, 0.2) is 89.0 Å². The molecule has 4 amide bonds. The Hall–Kier alpha value is -3.97. The minimum Gasteiger partial charge on any atom is -0.342 e. The Bertz CT molecular complexity index is 1470. The second-order valence-corrected chi connectivity index (χ2v) is 9.07. The highest BCUT2D eigenvalue weighted by Gasteiger charge is 2.37. The molecule has 2 heterocycles. The van der Waals surface area contributed by atoms with Crippen molar-refractivity contribution in [3.05, 3.63) is 106 Å². The van der Waals surface area contributed by atoms with Crippen molar-refractivity contribution in [2.45, 2.75) is 13.5 Å². The molecule has 0 spiro atoms. The third-order valence-electron chi connectivity index (χ3n) is 5.78. The van der Waals surface area contributed by atoms with Crippen LogP contribution in [-0.2, 0) is 16.1 Å². The predicted molar refractivity (Wildman–Crippen MR) is 135 cm³/mol. The fourth-order valence-corrected chi connectivity index (χ4v) is 4.31. The number of halogens is 1. The molecule has 3 aromatic carbocycles. The van der Waals surface area contributed by atoms with Crippen LogP contribution in [0.5, 0.6) is 0 Å². The van der Waals surface area contributed by atoms with Gasteiger partial charge in [-0.05, 0) is 48.9 Å². The summed E-state index contributed by atoms with van der Waals surface area (Å²) in [5, 5.41) is 3.20. The molecule has 0 unspecified atom stereocenters. The molecule has 5 rings (SSSR count). The summed E-state index contributed by atoms with van der Waals surface area (Å²) in [7, 11) is 0. The number of aryl methyl sites for hydroxylation is 1. The van der Waals surface area contributed by atoms with Gasteiger partial charge in [-0.25, -0.2) is 9.69 Å². The number of carbonyl (C=O) groups is 3. The van der Waals surface area contributed by atoms with E-state index in [9.17, 15) is 14.4 Å². The Morgan fingerprint density at radius 2 is 1.62 bits per heavy atom. The first-order valence-corrected chi connectivity index (χ1v) is 11.5. The van der Waals surface area contributed by atoms with Gasteiger partial charge in [0.15, 0.2) is 0 Å². The van der Waals surface area contributed by atoms with Gasteiger partial charge in [0, 0.05) is 33.7 Å². The number of nitrogens with zero attached hydrogens (tertiary/aromatic N) is 2. The van der Waals surface area contributed by atoms with Crippen molar-refractivity contribution in [1.82, 2.24) is 9.88 Å². The smallest absolute Gasteiger partial charge is 0.335 e. The molecular weight excluding hydrogens is 494 g/mol. The topological polar surface area (TPSA) is 71.4 Å². The van der Waals surface area contributed by atoms with E-state index in [0.29, 0.717) is 12.2 Å². The predicted octanol–water partition coefficient (Wildman–Crippen LogP) is 5.43. The lowest BCUT2D eigenvalue weighted by Gasteiger charge is -2.26. The monoisotopic (exact) mass is 513 g/mol. The van der Waals surface area contributed by atoms with Gasteiger partial charge in [-0.1, -0.05) is 64.0 Å². The molecule has 1 N–H and O–H groups in total. The maximum absolute atomic E-state index is 13.3. The summed E-state index contributed by atoms with van der Waals surface area (Å²) in [5.74, 6) is -1.37. The van der Waals surface area contributed by atoms with Gasteiger partial charge in [-0.3, -0.25) is 14.9 Å². The van der Waals surface area contributed by atoms with Crippen LogP contribution in [0.4, 0.5) is 10.5 Å². The van der Waals surface area contributed by atoms with Crippen LogP contribution in [0.1, 0.15) is 16.7 Å². The molecular formula is C27H20BrN3O3. The van der Waals surface area contributed by atoms with Crippen LogP contribution in [0.25, 0.3) is 17.0 Å². The molecule has 7 heteroatoms. The Morgan fingerprint density at radius 1 is 0.912 bits per heavy atom. The van der Waals surface area contributed by atoms with Crippen molar-refractivity contribution in [2.75, 3.05) is 4.90 Å². The van der Waals surface area contributed by atoms with Crippen LogP contribution in [0, 0.1) is 6.92 Å². The van der Waals surface area contributed by atoms with Crippen molar-refractivity contribution in [3.63, 3.8) is 0 Å². The number of amides is 4. The standard InChI is InChI=1S/C27H20BrN3O3/c1-17-6-8-18(9-7-17)15-30-16-19(22-4-2-3-5-24(22)30)14-23-25(32)29-27(34)31(26(23)33)21-12-10-20(28)11-13-21/h2-14,16H,15H2,1H3,(H,29,32,34)/b23-14-. The Kier molecular flexibility index (Phi) is 5.63. The average Bonchev–Trinajstić information content (AvgIpc) is 3.16. The Morgan fingerprint density at radius 3 is 2.35 bits per heavy atom. The molecule has 1 aliphatic heterocycles. The van der Waals surface area contributed by atoms with Crippen molar-refractivity contribution >= 4 is 56.4 Å². The number of hydrogen-bond acceptors (Lipinski definition) is 3. The van der Waals surface area contributed by atoms with Crippen LogP contribution < -0.4 is 10.2 Å². The SMILES string of the molecule is Cc1ccc(Cn2cc(/C=C3/C(=O)NC(=O)N(c4ccc(Br)cc4)C3=O)c3ccccc32)cc1. The molecule has 1 aliphatic rings. The number of anilines is 1. The number of barbiturate groups is 1. The number of carbonyl (C=O) groups excluding carboxylic acids is 3. The lowest BCUT2D eigenvalue weighted by atomic mass is 10.1. The molecule has 1 saturated heterocycles. The summed E-state index contributed by atoms with van der Waals surface area (Å²) < 4.78 is 2.91. The molecule has 4 aromatic rings. The number of hydrogen-bond donors (Lipinski definition) is 1. The molecule has 0 bridgehead atoms. The second kappa shape index (κ2) is 8.76. The molecule has 0 saturated carbocycles. The highest BCUT2D eigenvalue weighted by Crippen LogP contribution is 2.28. The van der Waals surface area contributed by atoms with Crippen molar-refractivity contribution in [3.8, 4) is 0 Å². The molecule has 1 fully saturated rings. The molecule has 34 heavy (non-hydrogen) atoms. The highest BCUT2D eigenvalue weighted by atomic mass is 79.9. The highest BCUT2D eigenvalue weighted by molar-refractivity contribution is 9.10. The Labute approximate surface area is 204 Å². The van der Waals surface area contributed by atoms with E-state index in [4.69, 9.17) is 0 Å². The van der Waals surface area contributed by atoms with E-state index in [1.807, 2.05) is 37.4 Å². The molecule has 0 atom stereocenters. The van der Waals surface area contributed by atoms with Crippen LogP contribution in [0.3, 0.4) is 0 Å². The average molecular weight is 514 g/mol. The van der Waals surface area contributed by atoms with Crippen molar-refractivity contribution in [2.24, 2.45) is 0 Å². The third kappa shape index (κ3) is 4.06. The lowest BCUT2D eigenvalue weighted by molar-refractivity contribution is -0.122. The van der Waals surface area contributed by atoms with Crippen LogP contribution >= 0.6 is 15.9 Å². The minimum absolute atomic E-state index is 0.0965. The zero-order valence-corrected chi connectivity index (χ0v) is 19.9. The molecule has 168 valence electrons. The lowest BCUT2D eigenvalue weighted by Crippen LogP contribution is -2.54. The summed E-state index contributed by atoms with van der Waals surface area (Å²) in [6.07, 6.45) is 3.49. The summed E-state index contributed by atoms with van der Waals surface area (Å²) in [6, 6.07) is 22.1. The van der Waals surface area contributed by atoms with Crippen LogP contribution in [-0.4, -0.2) is 22.4 Å². The maximum atomic E-state index is 13.3. The largest absolute Gasteiger partial charge is 0.342 e. The number of para-hydroxylation sites is 1. The molecule has 0 radical (unpaired) electrons. The van der Waals surface area contributed by atoms with Gasteiger partial charge in [-0.2, -0.15) is 0 Å². The van der Waals surface area contributed by atoms with E-state index >= 15 is 0 Å². The zero-order valence-electron chi connectivity index (χ0n) is 18.3. The second-order valence-electron chi connectivity index (χ2n) is 8.15. The van der Waals surface area contributed by atoms with Gasteiger partial charge in [0.1, 0.15) is 5.57 Å². The molecule has 1 aromatic heterocycles. The van der Waals surface area contributed by atoms with Gasteiger partial charge in [0.05, 0.1) is 5.69 Å². The quantitative estimate of drug-likeness (QED) is 0.292. The van der Waals surface area contributed by atoms with E-state index in [1.54, 1.807) is 30.3 Å². The molecule has 0 aliphatic carbocycles. The van der Waals surface area contributed by atoms with Gasteiger partial charge in [-0.15, -0.1) is 0 Å². The van der Waals surface area contributed by atoms with E-state index in [-0.39, 0.29) is 5.57 Å². The normalized spacial score (nSPS) is 15.3. The fourth-order valence-electron chi connectivity index (χ4n) is 4.05. The molecule has 6 nitrogen and oxygen atoms in total. The minimum atomic E-state index is -0.767. The Balaban J connectivity index is 1.56. The van der Waals surface area contributed by atoms with E-state index < -0.39 is 17.8 Å². The fraction of sp³-hybridized carbons (Fsp3) is 0.0741. The van der Waals surface area contributed by atoms with Gasteiger partial charge < -0.3 is 4.57 Å². The number of fused-ring (bicyclic) bond motifs is 1. The number of urea groups is 1. The number of aromatic nitrogens is 1. The van der Waals surface area contributed by atoms with Gasteiger partial charge in [0.25, 0.3) is 11.8 Å². The zero-order chi connectivity index (χ0) is 23.8. The number of benzene rings is 3. The van der Waals surface area contributed by atoms with Crippen molar-refractivity contribution < 1.29 is 14.4 Å². The summed E-state index contributed by atoms with van der Waals surface area (Å²) >= 11 is 3.35. The number of nitrogens with one attached hydrogen (secondary N) is 1.